The van der Waals surface area contributed by atoms with E-state index < -0.39 is 5.60 Å². The highest BCUT2D eigenvalue weighted by Crippen LogP contribution is 2.39. The van der Waals surface area contributed by atoms with E-state index in [4.69, 9.17) is 16.0 Å². The second-order valence-electron chi connectivity index (χ2n) is 7.21. The summed E-state index contributed by atoms with van der Waals surface area (Å²) in [7, 11) is 0. The third kappa shape index (κ3) is 4.56. The zero-order valence-electron chi connectivity index (χ0n) is 16.3. The Morgan fingerprint density at radius 3 is 2.30 bits per heavy atom. The number of aromatic nitrogens is 2. The fourth-order valence-corrected chi connectivity index (χ4v) is 3.74. The minimum Gasteiger partial charge on any atom is -0.429 e. The van der Waals surface area contributed by atoms with Gasteiger partial charge in [0, 0.05) is 27.2 Å². The quantitative estimate of drug-likeness (QED) is 0.380. The first-order valence-corrected chi connectivity index (χ1v) is 10.4. The molecular weight excluding hydrogens is 423 g/mol. The van der Waals surface area contributed by atoms with E-state index in [0.717, 1.165) is 4.90 Å². The van der Waals surface area contributed by atoms with Gasteiger partial charge < -0.3 is 9.52 Å². The lowest BCUT2D eigenvalue weighted by Crippen LogP contribution is -2.15. The molecule has 152 valence electrons. The first-order chi connectivity index (χ1) is 14.3. The number of hydrogen-bond acceptors (Lipinski definition) is 5. The molecular formula is C23H18ClFN2O2S. The van der Waals surface area contributed by atoms with Gasteiger partial charge in [-0.15, -0.1) is 0 Å². The number of benzene rings is 2. The van der Waals surface area contributed by atoms with E-state index in [-0.39, 0.29) is 5.82 Å². The Kier molecular flexibility index (Phi) is 5.64. The van der Waals surface area contributed by atoms with Crippen LogP contribution in [-0.4, -0.2) is 15.1 Å². The van der Waals surface area contributed by atoms with Crippen molar-refractivity contribution in [1.29, 1.82) is 0 Å². The average molecular weight is 441 g/mol. The smallest absolute Gasteiger partial charge is 0.228 e. The molecule has 0 aliphatic carbocycles. The zero-order chi connectivity index (χ0) is 21.3. The molecule has 0 bridgehead atoms. The van der Waals surface area contributed by atoms with Gasteiger partial charge in [-0.2, -0.15) is 0 Å². The maximum absolute atomic E-state index is 13.3. The zero-order valence-corrected chi connectivity index (χ0v) is 17.8. The van der Waals surface area contributed by atoms with Gasteiger partial charge in [0.15, 0.2) is 5.09 Å². The number of nitrogens with zero attached hydrogens (tertiary/aromatic N) is 2. The van der Waals surface area contributed by atoms with Gasteiger partial charge in [0.1, 0.15) is 11.5 Å². The monoisotopic (exact) mass is 440 g/mol. The fraction of sp³-hybridized carbons (Fsp3) is 0.130. The molecule has 0 unspecified atom stereocenters. The molecule has 0 saturated carbocycles. The Morgan fingerprint density at radius 2 is 1.70 bits per heavy atom. The molecule has 7 heteroatoms. The number of halogens is 2. The SMILES string of the molecule is CC(C)(O)c1ccc(-c2nc(-c3ccc(F)cc3)oc2Sc2ccc(Cl)cc2)nc1. The van der Waals surface area contributed by atoms with Gasteiger partial charge in [0.2, 0.25) is 5.89 Å². The number of pyridine rings is 1. The summed E-state index contributed by atoms with van der Waals surface area (Å²) in [6.45, 7) is 3.41. The lowest BCUT2D eigenvalue weighted by Gasteiger charge is -2.17. The highest BCUT2D eigenvalue weighted by atomic mass is 35.5. The number of hydrogen-bond donors (Lipinski definition) is 1. The topological polar surface area (TPSA) is 59.2 Å². The summed E-state index contributed by atoms with van der Waals surface area (Å²) in [6.07, 6.45) is 1.62. The summed E-state index contributed by atoms with van der Waals surface area (Å²) in [4.78, 5) is 10.0. The van der Waals surface area contributed by atoms with E-state index in [2.05, 4.69) is 9.97 Å². The van der Waals surface area contributed by atoms with Crippen LogP contribution in [0.2, 0.25) is 5.02 Å². The standard InChI is InChI=1S/C23H18ClFN2O2S/c1-23(2,28)15-5-12-19(26-13-15)20-22(30-18-10-6-16(24)7-11-18)29-21(27-20)14-3-8-17(25)9-4-14/h3-13,28H,1-2H3. The van der Waals surface area contributed by atoms with Crippen LogP contribution < -0.4 is 0 Å². The Labute approximate surface area is 182 Å². The first kappa shape index (κ1) is 20.6. The molecule has 0 aliphatic rings. The van der Waals surface area contributed by atoms with Gasteiger partial charge in [-0.05, 0) is 80.2 Å². The first-order valence-electron chi connectivity index (χ1n) is 9.19. The number of aliphatic hydroxyl groups is 1. The normalized spacial score (nSPS) is 11.6. The minimum absolute atomic E-state index is 0.329. The predicted octanol–water partition coefficient (Wildman–Crippen LogP) is 6.57. The van der Waals surface area contributed by atoms with Crippen molar-refractivity contribution < 1.29 is 13.9 Å². The second kappa shape index (κ2) is 8.22. The van der Waals surface area contributed by atoms with E-state index in [1.165, 1.54) is 23.9 Å². The van der Waals surface area contributed by atoms with Crippen LogP contribution in [0.5, 0.6) is 0 Å². The van der Waals surface area contributed by atoms with Crippen LogP contribution >= 0.6 is 23.4 Å². The molecule has 0 spiro atoms. The highest BCUT2D eigenvalue weighted by Gasteiger charge is 2.21. The van der Waals surface area contributed by atoms with Crippen LogP contribution in [0.1, 0.15) is 19.4 Å². The molecule has 0 fully saturated rings. The van der Waals surface area contributed by atoms with Crippen LogP contribution in [0, 0.1) is 5.82 Å². The maximum atomic E-state index is 13.3. The van der Waals surface area contributed by atoms with E-state index in [1.807, 2.05) is 18.2 Å². The Hall–Kier alpha value is -2.67. The predicted molar refractivity (Wildman–Crippen MR) is 116 cm³/mol. The van der Waals surface area contributed by atoms with Crippen molar-refractivity contribution in [2.75, 3.05) is 0 Å². The lowest BCUT2D eigenvalue weighted by molar-refractivity contribution is 0.0782. The lowest BCUT2D eigenvalue weighted by atomic mass is 10.0. The Bertz CT molecular complexity index is 1150. The van der Waals surface area contributed by atoms with E-state index >= 15 is 0 Å². The molecule has 0 radical (unpaired) electrons. The van der Waals surface area contributed by atoms with Crippen molar-refractivity contribution in [1.82, 2.24) is 9.97 Å². The Morgan fingerprint density at radius 1 is 1.00 bits per heavy atom. The summed E-state index contributed by atoms with van der Waals surface area (Å²) in [6, 6.07) is 17.0. The number of oxazole rings is 1. The molecule has 4 nitrogen and oxygen atoms in total. The summed E-state index contributed by atoms with van der Waals surface area (Å²) in [5.41, 5.74) is 1.54. The largest absolute Gasteiger partial charge is 0.429 e. The van der Waals surface area contributed by atoms with Gasteiger partial charge in [0.05, 0.1) is 11.3 Å². The molecule has 2 aromatic heterocycles. The van der Waals surface area contributed by atoms with Crippen molar-refractivity contribution in [2.45, 2.75) is 29.4 Å². The van der Waals surface area contributed by atoms with Crippen LogP contribution in [0.25, 0.3) is 22.8 Å². The molecule has 0 atom stereocenters. The van der Waals surface area contributed by atoms with E-state index in [0.29, 0.717) is 38.5 Å². The molecule has 2 aromatic carbocycles. The highest BCUT2D eigenvalue weighted by molar-refractivity contribution is 7.99. The maximum Gasteiger partial charge on any atom is 0.228 e. The van der Waals surface area contributed by atoms with Gasteiger partial charge >= 0.3 is 0 Å². The molecule has 30 heavy (non-hydrogen) atoms. The van der Waals surface area contributed by atoms with Crippen molar-refractivity contribution in [2.24, 2.45) is 0 Å². The average Bonchev–Trinajstić information content (AvgIpc) is 3.13. The molecule has 0 amide bonds. The fourth-order valence-electron chi connectivity index (χ4n) is 2.76. The summed E-state index contributed by atoms with van der Waals surface area (Å²) >= 11 is 7.38. The van der Waals surface area contributed by atoms with Crippen molar-refractivity contribution in [3.63, 3.8) is 0 Å². The van der Waals surface area contributed by atoms with Crippen molar-refractivity contribution >= 4 is 23.4 Å². The van der Waals surface area contributed by atoms with Crippen molar-refractivity contribution in [3.8, 4) is 22.8 Å². The van der Waals surface area contributed by atoms with Gasteiger partial charge in [-0.1, -0.05) is 17.7 Å². The third-order valence-corrected chi connectivity index (χ3v) is 5.65. The second-order valence-corrected chi connectivity index (χ2v) is 8.69. The van der Waals surface area contributed by atoms with Gasteiger partial charge in [-0.3, -0.25) is 4.98 Å². The molecule has 4 rings (SSSR count). The number of rotatable bonds is 5. The van der Waals surface area contributed by atoms with Crippen LogP contribution in [0.4, 0.5) is 4.39 Å². The molecule has 2 heterocycles. The minimum atomic E-state index is -0.991. The van der Waals surface area contributed by atoms with Crippen molar-refractivity contribution in [3.05, 3.63) is 83.3 Å². The van der Waals surface area contributed by atoms with E-state index in [9.17, 15) is 9.50 Å². The van der Waals surface area contributed by atoms with Gasteiger partial charge in [-0.25, -0.2) is 9.37 Å². The van der Waals surface area contributed by atoms with Gasteiger partial charge in [0.25, 0.3) is 0 Å². The van der Waals surface area contributed by atoms with Crippen LogP contribution in [0.3, 0.4) is 0 Å². The molecule has 1 N–H and O–H groups in total. The molecule has 0 aliphatic heterocycles. The third-order valence-electron chi connectivity index (χ3n) is 4.42. The summed E-state index contributed by atoms with van der Waals surface area (Å²) in [5.74, 6) is 0.0417. The van der Waals surface area contributed by atoms with Crippen LogP contribution in [-0.2, 0) is 5.60 Å². The summed E-state index contributed by atoms with van der Waals surface area (Å²) in [5, 5.41) is 11.4. The molecule has 4 aromatic rings. The molecule has 0 saturated heterocycles. The Balaban J connectivity index is 1.76. The summed E-state index contributed by atoms with van der Waals surface area (Å²) < 4.78 is 19.3. The van der Waals surface area contributed by atoms with E-state index in [1.54, 1.807) is 50.4 Å². The van der Waals surface area contributed by atoms with Crippen LogP contribution in [0.15, 0.2) is 81.3 Å².